The van der Waals surface area contributed by atoms with E-state index in [-0.39, 0.29) is 17.9 Å². The molecule has 2 aliphatic rings. The first-order valence-electron chi connectivity index (χ1n) is 7.60. The first kappa shape index (κ1) is 15.3. The van der Waals surface area contributed by atoms with Crippen LogP contribution in [0.1, 0.15) is 19.3 Å². The summed E-state index contributed by atoms with van der Waals surface area (Å²) in [7, 11) is 0. The average Bonchev–Trinajstić information content (AvgIpc) is 2.89. The van der Waals surface area contributed by atoms with Crippen molar-refractivity contribution in [3.05, 3.63) is 29.3 Å². The summed E-state index contributed by atoms with van der Waals surface area (Å²) < 4.78 is 0. The van der Waals surface area contributed by atoms with Gasteiger partial charge in [0.05, 0.1) is 22.7 Å². The van der Waals surface area contributed by atoms with E-state index in [1.54, 1.807) is 11.0 Å². The molecule has 5 nitrogen and oxygen atoms in total. The Morgan fingerprint density at radius 2 is 2.00 bits per heavy atom. The summed E-state index contributed by atoms with van der Waals surface area (Å²) in [6.07, 6.45) is 2.24. The summed E-state index contributed by atoms with van der Waals surface area (Å²) in [5, 5.41) is 9.76. The van der Waals surface area contributed by atoms with Crippen molar-refractivity contribution in [2.75, 3.05) is 24.5 Å². The number of likely N-dealkylation sites (tertiary alicyclic amines) is 1. The smallest absolute Gasteiger partial charge is 0.307 e. The quantitative estimate of drug-likeness (QED) is 0.927. The van der Waals surface area contributed by atoms with Crippen LogP contribution in [0.3, 0.4) is 0 Å². The van der Waals surface area contributed by atoms with Crippen molar-refractivity contribution in [2.45, 2.75) is 25.3 Å². The van der Waals surface area contributed by atoms with Crippen LogP contribution in [0.4, 0.5) is 5.69 Å². The molecular weight excluding hydrogens is 304 g/mol. The molecule has 2 fully saturated rings. The number of carboxylic acid groups (broad SMARTS) is 1. The molecule has 1 amide bonds. The molecule has 2 heterocycles. The predicted octanol–water partition coefficient (Wildman–Crippen LogP) is 2.24. The van der Waals surface area contributed by atoms with Gasteiger partial charge < -0.3 is 10.0 Å². The van der Waals surface area contributed by atoms with E-state index in [1.165, 1.54) is 0 Å². The molecule has 2 unspecified atom stereocenters. The number of piperidine rings is 1. The van der Waals surface area contributed by atoms with E-state index in [0.717, 1.165) is 25.1 Å². The molecule has 2 aliphatic heterocycles. The highest BCUT2D eigenvalue weighted by molar-refractivity contribution is 6.33. The van der Waals surface area contributed by atoms with Gasteiger partial charge in [0.25, 0.3) is 0 Å². The minimum atomic E-state index is -0.766. The molecule has 0 aromatic heterocycles. The number of halogens is 1. The van der Waals surface area contributed by atoms with Gasteiger partial charge in [0.15, 0.2) is 0 Å². The molecule has 0 bridgehead atoms. The third-order valence-corrected chi connectivity index (χ3v) is 4.88. The second kappa shape index (κ2) is 6.26. The van der Waals surface area contributed by atoms with Gasteiger partial charge in [-0.1, -0.05) is 23.7 Å². The highest BCUT2D eigenvalue weighted by Gasteiger charge is 2.39. The van der Waals surface area contributed by atoms with Crippen LogP contribution in [0, 0.1) is 5.92 Å². The molecule has 118 valence electrons. The van der Waals surface area contributed by atoms with Gasteiger partial charge in [-0.05, 0) is 37.9 Å². The van der Waals surface area contributed by atoms with Gasteiger partial charge in [0.1, 0.15) is 0 Å². The molecule has 22 heavy (non-hydrogen) atoms. The standard InChI is InChI=1S/C16H19ClN2O3/c17-12-5-1-2-6-13(12)19-9-7-14(15(19)20)18-8-3-4-11(10-18)16(21)22/h1-2,5-6,11,14H,3-4,7-10H2,(H,21,22). The second-order valence-corrected chi connectivity index (χ2v) is 6.33. The fourth-order valence-electron chi connectivity index (χ4n) is 3.40. The molecule has 1 N–H and O–H groups in total. The van der Waals surface area contributed by atoms with Crippen LogP contribution in [0.5, 0.6) is 0 Å². The number of rotatable bonds is 3. The Labute approximate surface area is 134 Å². The largest absolute Gasteiger partial charge is 0.481 e. The summed E-state index contributed by atoms with van der Waals surface area (Å²) in [6.45, 7) is 1.88. The third-order valence-electron chi connectivity index (χ3n) is 4.56. The minimum absolute atomic E-state index is 0.0270. The van der Waals surface area contributed by atoms with E-state index in [1.807, 2.05) is 23.1 Å². The Hall–Kier alpha value is -1.59. The number of aliphatic carboxylic acids is 1. The highest BCUT2D eigenvalue weighted by Crippen LogP contribution is 2.31. The molecule has 0 radical (unpaired) electrons. The first-order valence-corrected chi connectivity index (χ1v) is 7.98. The Bertz CT molecular complexity index is 593. The molecular formula is C16H19ClN2O3. The SMILES string of the molecule is O=C(O)C1CCCN(C2CCN(c3ccccc3Cl)C2=O)C1. The van der Waals surface area contributed by atoms with E-state index < -0.39 is 5.97 Å². The minimum Gasteiger partial charge on any atom is -0.481 e. The molecule has 1 aromatic carbocycles. The van der Waals surface area contributed by atoms with Crippen LogP contribution in [-0.4, -0.2) is 47.6 Å². The van der Waals surface area contributed by atoms with Crippen LogP contribution in [0.25, 0.3) is 0 Å². The monoisotopic (exact) mass is 322 g/mol. The maximum atomic E-state index is 12.7. The van der Waals surface area contributed by atoms with Crippen LogP contribution < -0.4 is 4.90 Å². The Morgan fingerprint density at radius 1 is 1.23 bits per heavy atom. The summed E-state index contributed by atoms with van der Waals surface area (Å²) in [5.41, 5.74) is 0.739. The number of nitrogens with zero attached hydrogens (tertiary/aromatic N) is 2. The summed E-state index contributed by atoms with van der Waals surface area (Å²) in [4.78, 5) is 27.6. The molecule has 0 saturated carbocycles. The van der Waals surface area contributed by atoms with Crippen molar-refractivity contribution in [1.29, 1.82) is 0 Å². The highest BCUT2D eigenvalue weighted by atomic mass is 35.5. The number of hydrogen-bond acceptors (Lipinski definition) is 3. The number of benzene rings is 1. The van der Waals surface area contributed by atoms with Gasteiger partial charge in [-0.15, -0.1) is 0 Å². The van der Waals surface area contributed by atoms with E-state index in [4.69, 9.17) is 11.6 Å². The fraction of sp³-hybridized carbons (Fsp3) is 0.500. The topological polar surface area (TPSA) is 60.9 Å². The lowest BCUT2D eigenvalue weighted by molar-refractivity contribution is -0.144. The maximum absolute atomic E-state index is 12.7. The van der Waals surface area contributed by atoms with Crippen molar-refractivity contribution in [3.8, 4) is 0 Å². The number of carbonyl (C=O) groups excluding carboxylic acids is 1. The lowest BCUT2D eigenvalue weighted by Gasteiger charge is -2.34. The lowest BCUT2D eigenvalue weighted by Crippen LogP contribution is -2.48. The molecule has 3 rings (SSSR count). The second-order valence-electron chi connectivity index (χ2n) is 5.92. The zero-order valence-corrected chi connectivity index (χ0v) is 13.0. The Balaban J connectivity index is 1.74. The first-order chi connectivity index (χ1) is 10.6. The average molecular weight is 323 g/mol. The molecule has 2 atom stereocenters. The predicted molar refractivity (Wildman–Crippen MR) is 84.1 cm³/mol. The van der Waals surface area contributed by atoms with Crippen LogP contribution in [0.15, 0.2) is 24.3 Å². The molecule has 0 aliphatic carbocycles. The summed E-state index contributed by atoms with van der Waals surface area (Å²) in [5.74, 6) is -1.10. The summed E-state index contributed by atoms with van der Waals surface area (Å²) >= 11 is 6.18. The Kier molecular flexibility index (Phi) is 4.36. The molecule has 1 aromatic rings. The zero-order chi connectivity index (χ0) is 15.7. The van der Waals surface area contributed by atoms with Gasteiger partial charge in [-0.3, -0.25) is 14.5 Å². The van der Waals surface area contributed by atoms with E-state index in [9.17, 15) is 14.7 Å². The number of hydrogen-bond donors (Lipinski definition) is 1. The number of anilines is 1. The van der Waals surface area contributed by atoms with Crippen molar-refractivity contribution < 1.29 is 14.7 Å². The number of amides is 1. The molecule has 6 heteroatoms. The number of carboxylic acids is 1. The van der Waals surface area contributed by atoms with Crippen molar-refractivity contribution >= 4 is 29.2 Å². The van der Waals surface area contributed by atoms with Crippen molar-refractivity contribution in [2.24, 2.45) is 5.92 Å². The van der Waals surface area contributed by atoms with Crippen molar-refractivity contribution in [3.63, 3.8) is 0 Å². The normalized spacial score (nSPS) is 26.4. The van der Waals surface area contributed by atoms with E-state index in [2.05, 4.69) is 0 Å². The third kappa shape index (κ3) is 2.83. The van der Waals surface area contributed by atoms with Crippen LogP contribution >= 0.6 is 11.6 Å². The molecule has 2 saturated heterocycles. The maximum Gasteiger partial charge on any atom is 0.307 e. The fourth-order valence-corrected chi connectivity index (χ4v) is 3.64. The molecule has 0 spiro atoms. The number of carbonyl (C=O) groups is 2. The van der Waals surface area contributed by atoms with Crippen LogP contribution in [-0.2, 0) is 9.59 Å². The zero-order valence-electron chi connectivity index (χ0n) is 12.2. The van der Waals surface area contributed by atoms with Gasteiger partial charge in [0, 0.05) is 13.1 Å². The lowest BCUT2D eigenvalue weighted by atomic mass is 9.96. The number of para-hydroxylation sites is 1. The Morgan fingerprint density at radius 3 is 2.73 bits per heavy atom. The van der Waals surface area contributed by atoms with Crippen LogP contribution in [0.2, 0.25) is 5.02 Å². The van der Waals surface area contributed by atoms with Gasteiger partial charge in [-0.25, -0.2) is 0 Å². The van der Waals surface area contributed by atoms with Crippen molar-refractivity contribution in [1.82, 2.24) is 4.90 Å². The van der Waals surface area contributed by atoms with E-state index in [0.29, 0.717) is 24.5 Å². The van der Waals surface area contributed by atoms with E-state index >= 15 is 0 Å². The van der Waals surface area contributed by atoms with Gasteiger partial charge >= 0.3 is 5.97 Å². The van der Waals surface area contributed by atoms with Gasteiger partial charge in [0.2, 0.25) is 5.91 Å². The van der Waals surface area contributed by atoms with Gasteiger partial charge in [-0.2, -0.15) is 0 Å². The summed E-state index contributed by atoms with van der Waals surface area (Å²) in [6, 6.07) is 7.10.